The molecule has 1 aromatic carbocycles. The van der Waals surface area contributed by atoms with Crippen molar-refractivity contribution in [3.8, 4) is 0 Å². The highest BCUT2D eigenvalue weighted by molar-refractivity contribution is 6.38. The van der Waals surface area contributed by atoms with Crippen LogP contribution in [0.25, 0.3) is 10.9 Å². The Bertz CT molecular complexity index is 1080. The normalized spacial score (nSPS) is 28.6. The summed E-state index contributed by atoms with van der Waals surface area (Å²) in [5.41, 5.74) is -1.10. The monoisotopic (exact) mass is 425 g/mol. The number of nitrogens with zero attached hydrogens (tertiary/aromatic N) is 2. The summed E-state index contributed by atoms with van der Waals surface area (Å²) < 4.78 is 36.0. The first-order valence-corrected chi connectivity index (χ1v) is 9.78. The van der Waals surface area contributed by atoms with Crippen molar-refractivity contribution in [1.29, 1.82) is 0 Å². The number of carboxylic acid groups (broad SMARTS) is 1. The second-order valence-electron chi connectivity index (χ2n) is 7.70. The predicted molar refractivity (Wildman–Crippen MR) is 102 cm³/mol. The second kappa shape index (κ2) is 6.65. The molecule has 0 amide bonds. The molecule has 0 spiro atoms. The van der Waals surface area contributed by atoms with E-state index >= 15 is 4.39 Å². The van der Waals surface area contributed by atoms with E-state index < -0.39 is 35.0 Å². The number of aromatic nitrogens is 1. The van der Waals surface area contributed by atoms with Gasteiger partial charge in [-0.25, -0.2) is 13.6 Å². The molecule has 2 N–H and O–H groups in total. The molecule has 29 heavy (non-hydrogen) atoms. The number of rotatable bonds is 3. The molecule has 1 aromatic heterocycles. The van der Waals surface area contributed by atoms with Gasteiger partial charge in [0, 0.05) is 32.3 Å². The number of carboxylic acids is 1. The third-order valence-corrected chi connectivity index (χ3v) is 6.23. The summed E-state index contributed by atoms with van der Waals surface area (Å²) in [6, 6.07) is 0.413. The van der Waals surface area contributed by atoms with Crippen molar-refractivity contribution in [3.63, 3.8) is 0 Å². The van der Waals surface area contributed by atoms with Gasteiger partial charge in [0.05, 0.1) is 46.4 Å². The van der Waals surface area contributed by atoms with Gasteiger partial charge >= 0.3 is 5.97 Å². The lowest BCUT2D eigenvalue weighted by Crippen LogP contribution is -2.47. The van der Waals surface area contributed by atoms with Crippen LogP contribution in [0.3, 0.4) is 0 Å². The Labute approximate surface area is 168 Å². The summed E-state index contributed by atoms with van der Waals surface area (Å²) in [4.78, 5) is 25.9. The summed E-state index contributed by atoms with van der Waals surface area (Å²) in [5.74, 6) is -2.17. The van der Waals surface area contributed by atoms with Gasteiger partial charge in [0.15, 0.2) is 0 Å². The molecule has 2 aromatic rings. The lowest BCUT2D eigenvalue weighted by atomic mass is 10.1. The third-order valence-electron chi connectivity index (χ3n) is 5.88. The third kappa shape index (κ3) is 2.91. The van der Waals surface area contributed by atoms with E-state index in [1.807, 2.05) is 0 Å². The predicted octanol–water partition coefficient (Wildman–Crippen LogP) is 1.95. The molecule has 1 saturated carbocycles. The maximum atomic E-state index is 15.1. The van der Waals surface area contributed by atoms with Crippen LogP contribution >= 0.6 is 11.6 Å². The molecule has 3 heterocycles. The maximum absolute atomic E-state index is 15.1. The molecule has 0 bridgehead atoms. The van der Waals surface area contributed by atoms with E-state index in [0.29, 0.717) is 26.2 Å². The van der Waals surface area contributed by atoms with Crippen LogP contribution in [0, 0.1) is 5.82 Å². The van der Waals surface area contributed by atoms with Gasteiger partial charge in [-0.2, -0.15) is 0 Å². The zero-order chi connectivity index (χ0) is 20.4. The molecule has 3 aliphatic rings. The van der Waals surface area contributed by atoms with Crippen molar-refractivity contribution in [2.24, 2.45) is 0 Å². The molecule has 10 heteroatoms. The Morgan fingerprint density at radius 3 is 2.79 bits per heavy atom. The van der Waals surface area contributed by atoms with Crippen LogP contribution in [0.5, 0.6) is 0 Å². The minimum Gasteiger partial charge on any atom is -0.477 e. The smallest absolute Gasteiger partial charge is 0.341 e. The van der Waals surface area contributed by atoms with Crippen LogP contribution in [0.4, 0.5) is 14.5 Å². The summed E-state index contributed by atoms with van der Waals surface area (Å²) >= 11 is 6.58. The van der Waals surface area contributed by atoms with E-state index in [9.17, 15) is 19.1 Å². The number of anilines is 1. The number of benzene rings is 1. The fraction of sp³-hybridized carbons (Fsp3) is 0.474. The van der Waals surface area contributed by atoms with E-state index in [2.05, 4.69) is 5.32 Å². The van der Waals surface area contributed by atoms with Crippen LogP contribution in [-0.4, -0.2) is 60.2 Å². The SMILES string of the molecule is O=C(O)c1cn(C2CC2F)c2c(Cl)c(N3CC4NCCOC4C3)c(F)cc2c1=O. The number of nitrogens with one attached hydrogen (secondary N) is 1. The number of aromatic carboxylic acids is 1. The van der Waals surface area contributed by atoms with Gasteiger partial charge in [0.25, 0.3) is 0 Å². The van der Waals surface area contributed by atoms with Crippen molar-refractivity contribution >= 4 is 34.2 Å². The van der Waals surface area contributed by atoms with Crippen LogP contribution in [0.15, 0.2) is 17.1 Å². The Hall–Kier alpha value is -2.23. The van der Waals surface area contributed by atoms with Gasteiger partial charge in [-0.05, 0) is 6.07 Å². The molecule has 5 rings (SSSR count). The van der Waals surface area contributed by atoms with E-state index in [4.69, 9.17) is 16.3 Å². The first-order valence-electron chi connectivity index (χ1n) is 9.41. The van der Waals surface area contributed by atoms with Gasteiger partial charge in [0.1, 0.15) is 17.6 Å². The fourth-order valence-electron chi connectivity index (χ4n) is 4.35. The number of alkyl halides is 1. The average molecular weight is 426 g/mol. The number of morpholine rings is 1. The van der Waals surface area contributed by atoms with Gasteiger partial charge < -0.3 is 24.6 Å². The molecule has 4 unspecified atom stereocenters. The largest absolute Gasteiger partial charge is 0.477 e. The minimum absolute atomic E-state index is 0.0215. The summed E-state index contributed by atoms with van der Waals surface area (Å²) in [5, 5.41) is 12.5. The molecule has 3 fully saturated rings. The molecule has 1 aliphatic carbocycles. The zero-order valence-corrected chi connectivity index (χ0v) is 16.0. The van der Waals surface area contributed by atoms with Gasteiger partial charge in [-0.15, -0.1) is 0 Å². The number of halogens is 3. The number of hydrogen-bond acceptors (Lipinski definition) is 5. The fourth-order valence-corrected chi connectivity index (χ4v) is 4.76. The van der Waals surface area contributed by atoms with E-state index in [1.54, 1.807) is 4.90 Å². The number of ether oxygens (including phenoxy) is 1. The minimum atomic E-state index is -1.45. The average Bonchev–Trinajstić information content (AvgIpc) is 3.24. The maximum Gasteiger partial charge on any atom is 0.341 e. The summed E-state index contributed by atoms with van der Waals surface area (Å²) in [6.45, 7) is 2.17. The van der Waals surface area contributed by atoms with E-state index in [0.717, 1.165) is 12.3 Å². The molecule has 154 valence electrons. The topological polar surface area (TPSA) is 83.8 Å². The van der Waals surface area contributed by atoms with Crippen molar-refractivity contribution in [2.75, 3.05) is 31.1 Å². The van der Waals surface area contributed by atoms with Crippen molar-refractivity contribution in [1.82, 2.24) is 9.88 Å². The zero-order valence-electron chi connectivity index (χ0n) is 15.2. The van der Waals surface area contributed by atoms with Crippen LogP contribution in [0.2, 0.25) is 5.02 Å². The quantitative estimate of drug-likeness (QED) is 0.782. The van der Waals surface area contributed by atoms with E-state index in [-0.39, 0.29) is 40.2 Å². The number of carbonyl (C=O) groups is 1. The first-order chi connectivity index (χ1) is 13.9. The molecule has 0 radical (unpaired) electrons. The van der Waals surface area contributed by atoms with Crippen molar-refractivity contribution in [2.45, 2.75) is 30.8 Å². The van der Waals surface area contributed by atoms with E-state index in [1.165, 1.54) is 4.57 Å². The Kier molecular flexibility index (Phi) is 4.30. The van der Waals surface area contributed by atoms with Crippen LogP contribution < -0.4 is 15.6 Å². The van der Waals surface area contributed by atoms with Crippen molar-refractivity contribution in [3.05, 3.63) is 38.9 Å². The molecule has 2 saturated heterocycles. The molecular weight excluding hydrogens is 408 g/mol. The highest BCUT2D eigenvalue weighted by Crippen LogP contribution is 2.44. The highest BCUT2D eigenvalue weighted by Gasteiger charge is 2.42. The van der Waals surface area contributed by atoms with Gasteiger partial charge in [0.2, 0.25) is 5.43 Å². The molecule has 4 atom stereocenters. The highest BCUT2D eigenvalue weighted by atomic mass is 35.5. The Morgan fingerprint density at radius 2 is 2.14 bits per heavy atom. The molecular formula is C19H18ClF2N3O4. The lowest BCUT2D eigenvalue weighted by molar-refractivity contribution is 0.0212. The molecule has 7 nitrogen and oxygen atoms in total. The van der Waals surface area contributed by atoms with Crippen molar-refractivity contribution < 1.29 is 23.4 Å². The standard InChI is InChI=1S/C19H18ClF2N3O4/c20-15-16-8(18(26)9(19(27)28)5-25(16)13-4-10(13)21)3-11(22)17(15)24-6-12-14(7-24)29-2-1-23-12/h3,5,10,12-14,23H,1-2,4,6-7H2,(H,27,28). The molecule has 2 aliphatic heterocycles. The number of pyridine rings is 1. The first kappa shape index (κ1) is 18.8. The number of hydrogen-bond donors (Lipinski definition) is 2. The number of fused-ring (bicyclic) bond motifs is 2. The van der Waals surface area contributed by atoms with Crippen LogP contribution in [0.1, 0.15) is 22.8 Å². The lowest BCUT2D eigenvalue weighted by Gasteiger charge is -2.25. The van der Waals surface area contributed by atoms with Crippen LogP contribution in [-0.2, 0) is 4.74 Å². The Balaban J connectivity index is 1.70. The Morgan fingerprint density at radius 1 is 1.38 bits per heavy atom. The van der Waals surface area contributed by atoms with Gasteiger partial charge in [-0.3, -0.25) is 4.79 Å². The summed E-state index contributed by atoms with van der Waals surface area (Å²) in [7, 11) is 0. The second-order valence-corrected chi connectivity index (χ2v) is 8.07. The van der Waals surface area contributed by atoms with Gasteiger partial charge in [-0.1, -0.05) is 11.6 Å². The summed E-state index contributed by atoms with van der Waals surface area (Å²) in [6.07, 6.45) is 0.0228.